The molecule has 3 aliphatic heterocycles. The Hall–Kier alpha value is -4.81. The molecule has 19 heteroatoms. The Bertz CT molecular complexity index is 2220. The maximum atomic E-state index is 15.0. The molecule has 2 saturated carbocycles. The van der Waals surface area contributed by atoms with Crippen molar-refractivity contribution in [3.05, 3.63) is 36.5 Å². The molecular formula is C42H55F3N6O9S. The third kappa shape index (κ3) is 8.67. The Kier molecular flexibility index (Phi) is 11.7. The summed E-state index contributed by atoms with van der Waals surface area (Å²) in [6.07, 6.45) is 0.632. The molecule has 0 spiro atoms. The SMILES string of the molecule is CC[C@@H]1C[C@@H](C)CC/C=C\[C@@H]2C[C@@]2(C(=O)NS(=O)(=O)C2(C)CC2)NC(=O)[C@@H]2C[C@@H](Oc3nccc4c5c(ccc34)N(C)CCO5)CN2C(=O)[C@H]1NC(=O)OC(C)(C)C(F)(F)F. The van der Waals surface area contributed by atoms with Crippen molar-refractivity contribution < 1.29 is 55.0 Å². The van der Waals surface area contributed by atoms with Crippen LogP contribution in [0.5, 0.6) is 11.6 Å². The summed E-state index contributed by atoms with van der Waals surface area (Å²) in [6.45, 7) is 7.67. The van der Waals surface area contributed by atoms with Crippen LogP contribution in [-0.4, -0.2) is 109 Å². The number of sulfonamides is 1. The number of alkyl carbamates (subject to hydrolysis) is 1. The number of carbonyl (C=O) groups is 4. The van der Waals surface area contributed by atoms with Gasteiger partial charge < -0.3 is 34.6 Å². The first kappa shape index (κ1) is 44.3. The van der Waals surface area contributed by atoms with E-state index in [2.05, 4.69) is 25.2 Å². The van der Waals surface area contributed by atoms with Gasteiger partial charge in [0, 0.05) is 36.4 Å². The van der Waals surface area contributed by atoms with Gasteiger partial charge in [-0.25, -0.2) is 18.2 Å². The van der Waals surface area contributed by atoms with Crippen LogP contribution in [0.3, 0.4) is 0 Å². The second kappa shape index (κ2) is 16.1. The monoisotopic (exact) mass is 876 g/mol. The van der Waals surface area contributed by atoms with Crippen LogP contribution in [0, 0.1) is 17.8 Å². The van der Waals surface area contributed by atoms with E-state index in [0.29, 0.717) is 76.7 Å². The highest BCUT2D eigenvalue weighted by atomic mass is 32.2. The molecule has 0 radical (unpaired) electrons. The van der Waals surface area contributed by atoms with Crippen molar-refractivity contribution in [1.29, 1.82) is 0 Å². The van der Waals surface area contributed by atoms with E-state index in [1.54, 1.807) is 32.2 Å². The largest absolute Gasteiger partial charge is 0.489 e. The zero-order valence-electron chi connectivity index (χ0n) is 35.3. The Morgan fingerprint density at radius 3 is 2.54 bits per heavy atom. The van der Waals surface area contributed by atoms with Gasteiger partial charge in [-0.1, -0.05) is 32.4 Å². The Morgan fingerprint density at radius 2 is 1.85 bits per heavy atom. The van der Waals surface area contributed by atoms with Gasteiger partial charge in [0.1, 0.15) is 30.3 Å². The molecule has 7 atom stereocenters. The van der Waals surface area contributed by atoms with Crippen molar-refractivity contribution in [2.75, 3.05) is 31.6 Å². The number of fused-ring (bicyclic) bond motifs is 5. The lowest BCUT2D eigenvalue weighted by molar-refractivity contribution is -0.244. The van der Waals surface area contributed by atoms with Gasteiger partial charge in [0.25, 0.3) is 5.91 Å². The van der Waals surface area contributed by atoms with E-state index in [9.17, 15) is 40.8 Å². The second-order valence-electron chi connectivity index (χ2n) is 18.1. The molecular weight excluding hydrogens is 822 g/mol. The predicted molar refractivity (Wildman–Crippen MR) is 218 cm³/mol. The van der Waals surface area contributed by atoms with Crippen LogP contribution >= 0.6 is 0 Å². The number of nitrogens with one attached hydrogen (secondary N) is 3. The highest BCUT2D eigenvalue weighted by Crippen LogP contribution is 2.48. The van der Waals surface area contributed by atoms with Crippen LogP contribution in [0.4, 0.5) is 23.7 Å². The normalized spacial score (nSPS) is 29.7. The zero-order chi connectivity index (χ0) is 44.3. The summed E-state index contributed by atoms with van der Waals surface area (Å²) in [7, 11) is -2.13. The molecule has 2 aliphatic carbocycles. The van der Waals surface area contributed by atoms with Crippen molar-refractivity contribution in [2.45, 2.75) is 126 Å². The van der Waals surface area contributed by atoms with Crippen LogP contribution in [0.2, 0.25) is 0 Å². The standard InChI is InChI=1S/C42H55F3N6O9S/c1-7-25-20-24(2)10-8-9-11-26-22-41(26,37(54)49-61(56,57)40(5)15-16-40)48-34(52)31-21-27(23-51(31)36(53)32(25)47-38(55)60-39(3,4)42(43,44)45)59-35-29-12-13-30-33(28(29)14-17-46-35)58-19-18-50(30)6/h9,11-14,17,24-27,31-32H,7-8,10,15-16,18-23H2,1-6H3,(H,47,55)(H,48,52)(H,49,54)/b11-9-/t24-,25+,26+,27+,31-,32-,41+/m0/s1. The van der Waals surface area contributed by atoms with Crippen molar-refractivity contribution in [1.82, 2.24) is 25.2 Å². The number of likely N-dealkylation sites (N-methyl/N-ethyl adjacent to an activating group) is 1. The average molecular weight is 877 g/mol. The van der Waals surface area contributed by atoms with Crippen LogP contribution in [0.25, 0.3) is 10.8 Å². The van der Waals surface area contributed by atoms with Gasteiger partial charge in [-0.15, -0.1) is 0 Å². The van der Waals surface area contributed by atoms with Crippen molar-refractivity contribution in [3.63, 3.8) is 0 Å². The smallest absolute Gasteiger partial charge is 0.427 e. The first-order valence-electron chi connectivity index (χ1n) is 20.9. The zero-order valence-corrected chi connectivity index (χ0v) is 36.1. The molecule has 3 N–H and O–H groups in total. The number of rotatable bonds is 8. The quantitative estimate of drug-likeness (QED) is 0.299. The Morgan fingerprint density at radius 1 is 1.11 bits per heavy atom. The summed E-state index contributed by atoms with van der Waals surface area (Å²) >= 11 is 0. The minimum atomic E-state index is -4.92. The number of pyridine rings is 1. The molecule has 0 bridgehead atoms. The number of allylic oxidation sites excluding steroid dienone is 1. The fraction of sp³-hybridized carbons (Fsp3) is 0.643. The number of nitrogens with zero attached hydrogens (tertiary/aromatic N) is 3. The van der Waals surface area contributed by atoms with E-state index in [1.807, 2.05) is 32.2 Å². The number of hydrogen-bond donors (Lipinski definition) is 3. The molecule has 4 heterocycles. The highest BCUT2D eigenvalue weighted by molar-refractivity contribution is 7.91. The van der Waals surface area contributed by atoms with Gasteiger partial charge >= 0.3 is 12.3 Å². The first-order chi connectivity index (χ1) is 28.6. The Balaban J connectivity index is 1.24. The number of alkyl halides is 3. The number of benzene rings is 1. The molecule has 61 heavy (non-hydrogen) atoms. The molecule has 2 aromatic rings. The van der Waals surface area contributed by atoms with Gasteiger partial charge in [0.15, 0.2) is 5.75 Å². The Labute approximate surface area is 353 Å². The van der Waals surface area contributed by atoms with E-state index in [4.69, 9.17) is 14.2 Å². The molecule has 1 saturated heterocycles. The molecule has 15 nitrogen and oxygen atoms in total. The van der Waals surface area contributed by atoms with Gasteiger partial charge in [-0.2, -0.15) is 13.2 Å². The lowest BCUT2D eigenvalue weighted by Gasteiger charge is -2.35. The summed E-state index contributed by atoms with van der Waals surface area (Å²) < 4.78 is 86.5. The molecule has 7 rings (SSSR count). The van der Waals surface area contributed by atoms with Crippen molar-refractivity contribution in [3.8, 4) is 11.6 Å². The minimum Gasteiger partial charge on any atom is -0.489 e. The number of ether oxygens (including phenoxy) is 3. The molecule has 3 fully saturated rings. The van der Waals surface area contributed by atoms with E-state index < -0.39 is 85.9 Å². The topological polar surface area (TPSA) is 186 Å². The second-order valence-corrected chi connectivity index (χ2v) is 20.3. The highest BCUT2D eigenvalue weighted by Gasteiger charge is 2.63. The lowest BCUT2D eigenvalue weighted by Crippen LogP contribution is -2.60. The number of hydrogen-bond acceptors (Lipinski definition) is 11. The maximum Gasteiger partial charge on any atom is 0.427 e. The fourth-order valence-corrected chi connectivity index (χ4v) is 9.87. The van der Waals surface area contributed by atoms with Crippen LogP contribution in [0.1, 0.15) is 86.0 Å². The minimum absolute atomic E-state index is 0.0340. The molecule has 5 aliphatic rings. The van der Waals surface area contributed by atoms with Crippen molar-refractivity contribution >= 4 is 50.3 Å². The van der Waals surface area contributed by atoms with E-state index in [0.717, 1.165) is 11.1 Å². The third-order valence-corrected chi connectivity index (χ3v) is 15.3. The van der Waals surface area contributed by atoms with Gasteiger partial charge in [-0.3, -0.25) is 19.1 Å². The van der Waals surface area contributed by atoms with E-state index in [-0.39, 0.29) is 31.2 Å². The number of aromatic nitrogens is 1. The van der Waals surface area contributed by atoms with Crippen LogP contribution in [0.15, 0.2) is 36.5 Å². The van der Waals surface area contributed by atoms with E-state index in [1.165, 1.54) is 4.90 Å². The summed E-state index contributed by atoms with van der Waals surface area (Å²) in [5.41, 5.74) is -3.65. The summed E-state index contributed by atoms with van der Waals surface area (Å²) in [5, 5.41) is 6.61. The molecule has 1 aromatic heterocycles. The lowest BCUT2D eigenvalue weighted by atomic mass is 9.85. The van der Waals surface area contributed by atoms with Gasteiger partial charge in [-0.05, 0) is 89.3 Å². The van der Waals surface area contributed by atoms with Crippen LogP contribution in [-0.2, 0) is 29.1 Å². The molecule has 1 aromatic carbocycles. The number of halogens is 3. The first-order valence-corrected chi connectivity index (χ1v) is 22.4. The van der Waals surface area contributed by atoms with Gasteiger partial charge in [0.2, 0.25) is 33.3 Å². The summed E-state index contributed by atoms with van der Waals surface area (Å²) in [4.78, 5) is 64.7. The fourth-order valence-electron chi connectivity index (χ4n) is 8.56. The number of carbonyl (C=O) groups excluding carboxylic acids is 4. The molecule has 0 unspecified atom stereocenters. The molecule has 334 valence electrons. The van der Waals surface area contributed by atoms with Crippen molar-refractivity contribution in [2.24, 2.45) is 17.8 Å². The number of anilines is 1. The average Bonchev–Trinajstić information content (AvgIpc) is 4.07. The summed E-state index contributed by atoms with van der Waals surface area (Å²) in [5.74, 6) is -2.74. The number of amides is 4. The third-order valence-electron chi connectivity index (χ3n) is 13.1. The molecule has 4 amide bonds. The predicted octanol–water partition coefficient (Wildman–Crippen LogP) is 5.12. The summed E-state index contributed by atoms with van der Waals surface area (Å²) in [6, 6.07) is 2.78. The van der Waals surface area contributed by atoms with Gasteiger partial charge in [0.05, 0.1) is 23.5 Å². The maximum absolute atomic E-state index is 15.0. The van der Waals surface area contributed by atoms with E-state index >= 15 is 0 Å². The van der Waals surface area contributed by atoms with Crippen LogP contribution < -0.4 is 29.7 Å².